The topological polar surface area (TPSA) is 43.9 Å². The van der Waals surface area contributed by atoms with Gasteiger partial charge in [0.15, 0.2) is 17.2 Å². The highest BCUT2D eigenvalue weighted by Gasteiger charge is 2.25. The Hall–Kier alpha value is -5.03. The lowest BCUT2D eigenvalue weighted by molar-refractivity contribution is 0.662. The number of hydrogen-bond acceptors (Lipinski definition) is 3. The van der Waals surface area contributed by atoms with Crippen LogP contribution in [0.4, 0.5) is 0 Å². The SMILES string of the molecule is Bc1c(B)c(B)c2c(B)c(-c3nc(-n4c5ccccc5c5cc6ccccc6cc54)c4oc5ccccc5c4n3)c(B)c(B)c2c1B. The van der Waals surface area contributed by atoms with E-state index in [9.17, 15) is 0 Å². The van der Waals surface area contributed by atoms with E-state index in [0.717, 1.165) is 44.7 Å². The molecule has 9 aromatic rings. The first-order valence-electron chi connectivity index (χ1n) is 16.4. The van der Waals surface area contributed by atoms with Gasteiger partial charge in [0.25, 0.3) is 0 Å². The number of aromatic nitrogens is 3. The van der Waals surface area contributed by atoms with Crippen LogP contribution in [0.2, 0.25) is 0 Å². The maximum absolute atomic E-state index is 6.66. The molecule has 0 N–H and O–H groups in total. The third kappa shape index (κ3) is 3.80. The van der Waals surface area contributed by atoms with E-state index in [1.54, 1.807) is 0 Å². The van der Waals surface area contributed by atoms with Crippen LogP contribution in [0.15, 0.2) is 89.3 Å². The highest BCUT2D eigenvalue weighted by molar-refractivity contribution is 6.72. The van der Waals surface area contributed by atoms with Gasteiger partial charge in [0.1, 0.15) is 66.0 Å². The largest absolute Gasteiger partial charge is 0.450 e. The van der Waals surface area contributed by atoms with Gasteiger partial charge in [-0.3, -0.25) is 4.57 Å². The molecule has 9 rings (SSSR count). The molecule has 11 heteroatoms. The van der Waals surface area contributed by atoms with Crippen molar-refractivity contribution in [3.8, 4) is 17.2 Å². The molecule has 0 aliphatic rings. The second-order valence-corrected chi connectivity index (χ2v) is 13.2. The van der Waals surface area contributed by atoms with Gasteiger partial charge in [-0.2, -0.15) is 0 Å². The summed E-state index contributed by atoms with van der Waals surface area (Å²) in [6.45, 7) is 0. The Morgan fingerprint density at radius 1 is 0.511 bits per heavy atom. The molecule has 0 saturated heterocycles. The first-order chi connectivity index (χ1) is 22.7. The zero-order valence-corrected chi connectivity index (χ0v) is 27.8. The molecule has 0 spiro atoms. The van der Waals surface area contributed by atoms with Gasteiger partial charge in [-0.05, 0) is 51.9 Å². The van der Waals surface area contributed by atoms with Crippen molar-refractivity contribution in [2.45, 2.75) is 0 Å². The summed E-state index contributed by atoms with van der Waals surface area (Å²) >= 11 is 0. The molecule has 4 nitrogen and oxygen atoms in total. The van der Waals surface area contributed by atoms with E-state index in [1.165, 1.54) is 70.6 Å². The minimum absolute atomic E-state index is 0.692. The lowest BCUT2D eigenvalue weighted by atomic mass is 9.59. The molecule has 3 heterocycles. The van der Waals surface area contributed by atoms with Gasteiger partial charge in [0.05, 0.1) is 11.0 Å². The van der Waals surface area contributed by atoms with Crippen LogP contribution in [0, 0.1) is 0 Å². The van der Waals surface area contributed by atoms with Crippen LogP contribution in [0.25, 0.3) is 82.6 Å². The molecule has 0 bridgehead atoms. The molecule has 0 saturated carbocycles. The molecular formula is C36H28B7N3O. The van der Waals surface area contributed by atoms with Gasteiger partial charge >= 0.3 is 0 Å². The molecule has 0 radical (unpaired) electrons. The van der Waals surface area contributed by atoms with E-state index >= 15 is 0 Å². The maximum Gasteiger partial charge on any atom is 0.197 e. The predicted molar refractivity (Wildman–Crippen MR) is 221 cm³/mol. The standard InChI is InChI=1S/C36H28B7N3O/c37-26-23-24(29(40)32(43)31(42)28(23)39)27(38)30(41)25(26)35-44-33-18-10-4-6-12-22(18)47-34(33)36(45-35)46-20-11-5-3-9-17(20)19-13-15-7-1-2-8-16(15)14-21(19)46/h1-14H,37-43H2. The van der Waals surface area contributed by atoms with Gasteiger partial charge in [-0.1, -0.05) is 81.9 Å². The number of nitrogens with zero attached hydrogens (tertiary/aromatic N) is 3. The summed E-state index contributed by atoms with van der Waals surface area (Å²) in [6.07, 6.45) is 0. The molecule has 47 heavy (non-hydrogen) atoms. The molecular weight excluding hydrogens is 566 g/mol. The third-order valence-electron chi connectivity index (χ3n) is 10.9. The summed E-state index contributed by atoms with van der Waals surface area (Å²) in [5.74, 6) is 1.48. The number of furan rings is 1. The summed E-state index contributed by atoms with van der Waals surface area (Å²) in [6, 6.07) is 30.0. The van der Waals surface area contributed by atoms with Gasteiger partial charge in [-0.15, -0.1) is 10.9 Å². The van der Waals surface area contributed by atoms with Crippen LogP contribution in [-0.4, -0.2) is 69.5 Å². The zero-order chi connectivity index (χ0) is 32.3. The first-order valence-corrected chi connectivity index (χ1v) is 16.4. The van der Waals surface area contributed by atoms with Crippen molar-refractivity contribution in [3.63, 3.8) is 0 Å². The molecule has 3 aromatic heterocycles. The number of benzene rings is 6. The van der Waals surface area contributed by atoms with E-state index in [-0.39, 0.29) is 0 Å². The Morgan fingerprint density at radius 2 is 1.11 bits per heavy atom. The molecule has 214 valence electrons. The highest BCUT2D eigenvalue weighted by atomic mass is 16.3. The number of rotatable bonds is 2. The van der Waals surface area contributed by atoms with E-state index in [1.807, 2.05) is 12.1 Å². The summed E-state index contributed by atoms with van der Waals surface area (Å²) in [5, 5.41) is 8.44. The Morgan fingerprint density at radius 3 is 1.85 bits per heavy atom. The van der Waals surface area contributed by atoms with Gasteiger partial charge < -0.3 is 4.42 Å². The van der Waals surface area contributed by atoms with Crippen molar-refractivity contribution in [1.82, 2.24) is 14.5 Å². The lowest BCUT2D eigenvalue weighted by Gasteiger charge is -2.24. The third-order valence-corrected chi connectivity index (χ3v) is 10.9. The fourth-order valence-electron chi connectivity index (χ4n) is 8.09. The second kappa shape index (κ2) is 9.99. The molecule has 0 aliphatic heterocycles. The quantitative estimate of drug-likeness (QED) is 0.204. The van der Waals surface area contributed by atoms with Gasteiger partial charge in [0, 0.05) is 21.7 Å². The number of hydrogen-bond donors (Lipinski definition) is 0. The van der Waals surface area contributed by atoms with Gasteiger partial charge in [-0.25, -0.2) is 9.97 Å². The van der Waals surface area contributed by atoms with Crippen LogP contribution in [0.5, 0.6) is 0 Å². The monoisotopic (exact) mass is 595 g/mol. The van der Waals surface area contributed by atoms with Crippen LogP contribution < -0.4 is 38.2 Å². The highest BCUT2D eigenvalue weighted by Crippen LogP contribution is 2.38. The van der Waals surface area contributed by atoms with Crippen molar-refractivity contribution in [3.05, 3.63) is 84.9 Å². The van der Waals surface area contributed by atoms with Crippen molar-refractivity contribution < 1.29 is 4.42 Å². The number of fused-ring (bicyclic) bond motifs is 8. The van der Waals surface area contributed by atoms with E-state index in [2.05, 4.69) is 132 Å². The molecule has 0 unspecified atom stereocenters. The average Bonchev–Trinajstić information content (AvgIpc) is 3.62. The molecule has 6 aromatic carbocycles. The van der Waals surface area contributed by atoms with Gasteiger partial charge in [0.2, 0.25) is 0 Å². The molecule has 0 aliphatic carbocycles. The maximum atomic E-state index is 6.66. The Bertz CT molecular complexity index is 2840. The van der Waals surface area contributed by atoms with Crippen molar-refractivity contribution in [2.24, 2.45) is 0 Å². The Labute approximate surface area is 278 Å². The molecule has 0 fully saturated rings. The Kier molecular flexibility index (Phi) is 6.00. The normalized spacial score (nSPS) is 12.0. The number of para-hydroxylation sites is 2. The lowest BCUT2D eigenvalue weighted by Crippen LogP contribution is -2.52. The fraction of sp³-hybridized carbons (Fsp3) is 0. The average molecular weight is 594 g/mol. The Balaban J connectivity index is 1.47. The van der Waals surface area contributed by atoms with E-state index in [0.29, 0.717) is 5.58 Å². The summed E-state index contributed by atoms with van der Waals surface area (Å²) < 4.78 is 8.94. The van der Waals surface area contributed by atoms with E-state index in [4.69, 9.17) is 14.4 Å². The summed E-state index contributed by atoms with van der Waals surface area (Å²) in [4.78, 5) is 10.9. The van der Waals surface area contributed by atoms with Crippen molar-refractivity contribution in [2.75, 3.05) is 0 Å². The predicted octanol–water partition coefficient (Wildman–Crippen LogP) is -2.74. The second-order valence-electron chi connectivity index (χ2n) is 13.2. The molecule has 0 amide bonds. The van der Waals surface area contributed by atoms with Crippen LogP contribution >= 0.6 is 0 Å². The summed E-state index contributed by atoms with van der Waals surface area (Å²) in [5.41, 5.74) is 14.7. The van der Waals surface area contributed by atoms with Crippen LogP contribution in [0.1, 0.15) is 0 Å². The first kappa shape index (κ1) is 28.2. The fourth-order valence-corrected chi connectivity index (χ4v) is 8.09. The minimum atomic E-state index is 0.692. The smallest absolute Gasteiger partial charge is 0.197 e. The zero-order valence-electron chi connectivity index (χ0n) is 27.8. The van der Waals surface area contributed by atoms with Crippen LogP contribution in [-0.2, 0) is 0 Å². The van der Waals surface area contributed by atoms with Crippen LogP contribution in [0.3, 0.4) is 0 Å². The summed E-state index contributed by atoms with van der Waals surface area (Å²) in [7, 11) is 15.8. The minimum Gasteiger partial charge on any atom is -0.450 e. The van der Waals surface area contributed by atoms with E-state index < -0.39 is 0 Å². The molecule has 0 atom stereocenters. The van der Waals surface area contributed by atoms with Crippen molar-refractivity contribution in [1.29, 1.82) is 0 Å². The van der Waals surface area contributed by atoms with Crippen molar-refractivity contribution >= 4 is 159 Å².